The van der Waals surface area contributed by atoms with Crippen LogP contribution in [0.4, 0.5) is 0 Å². The van der Waals surface area contributed by atoms with Crippen molar-refractivity contribution in [1.82, 2.24) is 15.4 Å². The molecule has 0 radical (unpaired) electrons. The zero-order valence-electron chi connectivity index (χ0n) is 19.1. The van der Waals surface area contributed by atoms with Crippen LogP contribution in [-0.2, 0) is 26.1 Å². The zero-order chi connectivity index (χ0) is 24.6. The number of fused-ring (bicyclic) bond motifs is 1. The van der Waals surface area contributed by atoms with Crippen molar-refractivity contribution in [2.75, 3.05) is 20.4 Å². The van der Waals surface area contributed by atoms with Crippen LogP contribution >= 0.6 is 12.2 Å². The van der Waals surface area contributed by atoms with Gasteiger partial charge in [-0.25, -0.2) is 8.42 Å². The molecule has 1 atom stereocenters. The molecule has 3 rings (SSSR count). The predicted molar refractivity (Wildman–Crippen MR) is 131 cm³/mol. The van der Waals surface area contributed by atoms with Crippen molar-refractivity contribution in [3.63, 3.8) is 0 Å². The maximum absolute atomic E-state index is 12.6. The molecule has 1 heterocycles. The summed E-state index contributed by atoms with van der Waals surface area (Å²) >= 11 is 5.30. The quantitative estimate of drug-likeness (QED) is 0.240. The van der Waals surface area contributed by atoms with E-state index in [9.17, 15) is 13.2 Å². The Morgan fingerprint density at radius 3 is 2.56 bits per heavy atom. The smallest absolute Gasteiger partial charge is 0.323 e. The van der Waals surface area contributed by atoms with Crippen LogP contribution in [-0.4, -0.2) is 46.0 Å². The Balaban J connectivity index is 1.40. The fourth-order valence-corrected chi connectivity index (χ4v) is 4.70. The van der Waals surface area contributed by atoms with Crippen molar-refractivity contribution in [2.45, 2.75) is 43.7 Å². The highest BCUT2D eigenvalue weighted by molar-refractivity contribution is 7.89. The number of thiocarbonyl (C=S) groups is 1. The lowest BCUT2D eigenvalue weighted by atomic mass is 10.1. The summed E-state index contributed by atoms with van der Waals surface area (Å²) in [7, 11) is -2.60. The Morgan fingerprint density at radius 1 is 1.09 bits per heavy atom. The molecular weight excluding hydrogens is 478 g/mol. The lowest BCUT2D eigenvalue weighted by Gasteiger charge is -2.17. The molecule has 1 unspecified atom stereocenters. The molecule has 1 aliphatic heterocycles. The second kappa shape index (κ2) is 12.0. The molecule has 184 valence electrons. The van der Waals surface area contributed by atoms with Crippen LogP contribution in [0, 0.1) is 6.92 Å². The molecule has 0 aliphatic carbocycles. The van der Waals surface area contributed by atoms with Crippen LogP contribution < -0.4 is 24.8 Å². The van der Waals surface area contributed by atoms with Crippen LogP contribution in [0.1, 0.15) is 30.4 Å². The Labute approximate surface area is 205 Å². The van der Waals surface area contributed by atoms with Crippen LogP contribution in [0.25, 0.3) is 0 Å². The molecule has 0 saturated carbocycles. The van der Waals surface area contributed by atoms with Gasteiger partial charge in [0.15, 0.2) is 16.6 Å². The normalized spacial score (nSPS) is 13.2. The molecule has 1 aliphatic rings. The predicted octanol–water partition coefficient (Wildman–Crippen LogP) is 2.38. The lowest BCUT2D eigenvalue weighted by Crippen LogP contribution is -2.41. The summed E-state index contributed by atoms with van der Waals surface area (Å²) in [6.45, 7) is 3.21. The highest BCUT2D eigenvalue weighted by Crippen LogP contribution is 2.32. The second-order valence-electron chi connectivity index (χ2n) is 7.80. The van der Waals surface area contributed by atoms with Gasteiger partial charge in [-0.1, -0.05) is 23.8 Å². The van der Waals surface area contributed by atoms with Gasteiger partial charge in [-0.15, -0.1) is 0 Å². The van der Waals surface area contributed by atoms with Gasteiger partial charge in [-0.05, 0) is 68.2 Å². The summed E-state index contributed by atoms with van der Waals surface area (Å²) in [5.41, 5.74) is 1.95. The highest BCUT2D eigenvalue weighted by atomic mass is 32.2. The minimum absolute atomic E-state index is 0.104. The number of ether oxygens (including phenoxy) is 3. The molecule has 0 amide bonds. The van der Waals surface area contributed by atoms with E-state index in [0.717, 1.165) is 22.6 Å². The number of hydrogen-bond donors (Lipinski definition) is 3. The van der Waals surface area contributed by atoms with E-state index in [4.69, 9.17) is 26.4 Å². The maximum Gasteiger partial charge on any atom is 0.323 e. The van der Waals surface area contributed by atoms with Crippen LogP contribution in [0.15, 0.2) is 47.4 Å². The first-order valence-corrected chi connectivity index (χ1v) is 12.7. The molecule has 0 fully saturated rings. The molecular formula is C23H29N3O6S2. The molecule has 0 saturated heterocycles. The zero-order valence-corrected chi connectivity index (χ0v) is 20.8. The number of esters is 1. The van der Waals surface area contributed by atoms with Crippen molar-refractivity contribution in [1.29, 1.82) is 0 Å². The van der Waals surface area contributed by atoms with E-state index in [0.29, 0.717) is 37.5 Å². The third-order valence-corrected chi connectivity index (χ3v) is 6.99. The van der Waals surface area contributed by atoms with Gasteiger partial charge in [0.05, 0.1) is 12.0 Å². The Kier molecular flexibility index (Phi) is 9.08. The molecule has 11 heteroatoms. The number of carbonyl (C=O) groups is 1. The summed E-state index contributed by atoms with van der Waals surface area (Å²) in [6, 6.07) is 11.2. The second-order valence-corrected chi connectivity index (χ2v) is 9.93. The van der Waals surface area contributed by atoms with Gasteiger partial charge < -0.3 is 24.8 Å². The number of benzene rings is 2. The molecule has 2 aromatic rings. The van der Waals surface area contributed by atoms with Gasteiger partial charge in [0, 0.05) is 13.1 Å². The number of aryl methyl sites for hydroxylation is 1. The van der Waals surface area contributed by atoms with E-state index >= 15 is 0 Å². The third-order valence-electron chi connectivity index (χ3n) is 5.21. The number of unbranched alkanes of at least 4 members (excludes halogenated alkanes) is 1. The van der Waals surface area contributed by atoms with Gasteiger partial charge in [0.25, 0.3) is 0 Å². The Bertz CT molecular complexity index is 1110. The van der Waals surface area contributed by atoms with Crippen molar-refractivity contribution in [3.8, 4) is 11.5 Å². The van der Waals surface area contributed by atoms with Gasteiger partial charge in [-0.3, -0.25) is 4.79 Å². The summed E-state index contributed by atoms with van der Waals surface area (Å²) in [5, 5.41) is 6.74. The van der Waals surface area contributed by atoms with E-state index in [1.165, 1.54) is 19.2 Å². The van der Waals surface area contributed by atoms with Crippen molar-refractivity contribution >= 4 is 33.3 Å². The van der Waals surface area contributed by atoms with Gasteiger partial charge >= 0.3 is 5.97 Å². The first-order chi connectivity index (χ1) is 16.3. The Morgan fingerprint density at radius 2 is 1.82 bits per heavy atom. The Hall–Kier alpha value is -2.89. The number of methoxy groups -OCH3 is 1. The van der Waals surface area contributed by atoms with E-state index in [-0.39, 0.29) is 11.7 Å². The van der Waals surface area contributed by atoms with E-state index < -0.39 is 22.0 Å². The van der Waals surface area contributed by atoms with Crippen LogP contribution in [0.3, 0.4) is 0 Å². The topological polar surface area (TPSA) is 115 Å². The summed E-state index contributed by atoms with van der Waals surface area (Å²) in [6.07, 6.45) is 1.58. The molecule has 2 aromatic carbocycles. The van der Waals surface area contributed by atoms with Crippen LogP contribution in [0.5, 0.6) is 11.5 Å². The fraction of sp³-hybridized carbons (Fsp3) is 0.391. The molecule has 0 spiro atoms. The third kappa shape index (κ3) is 7.31. The van der Waals surface area contributed by atoms with Gasteiger partial charge in [0.2, 0.25) is 16.8 Å². The van der Waals surface area contributed by atoms with E-state index in [2.05, 4.69) is 15.4 Å². The van der Waals surface area contributed by atoms with E-state index in [1.807, 2.05) is 25.1 Å². The summed E-state index contributed by atoms with van der Waals surface area (Å²) in [5.74, 6) is 0.830. The number of carbonyl (C=O) groups excluding carboxylic acids is 1. The first-order valence-electron chi connectivity index (χ1n) is 10.9. The SMILES string of the molecule is COC(=O)C(CCCCNC(=S)NCc1ccc2c(c1)OCO2)NS(=O)(=O)c1ccc(C)cc1. The van der Waals surface area contributed by atoms with Crippen molar-refractivity contribution in [2.24, 2.45) is 0 Å². The van der Waals surface area contributed by atoms with Crippen LogP contribution in [0.2, 0.25) is 0 Å². The average Bonchev–Trinajstić information content (AvgIpc) is 3.29. The number of rotatable bonds is 11. The summed E-state index contributed by atoms with van der Waals surface area (Å²) < 4.78 is 43.2. The molecule has 3 N–H and O–H groups in total. The maximum atomic E-state index is 12.6. The minimum atomic E-state index is -3.84. The molecule has 34 heavy (non-hydrogen) atoms. The number of sulfonamides is 1. The first kappa shape index (κ1) is 25.7. The largest absolute Gasteiger partial charge is 0.468 e. The van der Waals surface area contributed by atoms with Crippen molar-refractivity contribution in [3.05, 3.63) is 53.6 Å². The standard InChI is InChI=1S/C23H29N3O6S2/c1-16-6-9-18(10-7-16)34(28,29)26-19(22(27)30-2)5-3-4-12-24-23(33)25-14-17-8-11-20-21(13-17)32-15-31-20/h6-11,13,19,26H,3-5,12,14-15H2,1-2H3,(H2,24,25,33). The fourth-order valence-electron chi connectivity index (χ4n) is 3.31. The van der Waals surface area contributed by atoms with E-state index in [1.54, 1.807) is 12.1 Å². The molecule has 9 nitrogen and oxygen atoms in total. The molecule has 0 aromatic heterocycles. The molecule has 0 bridgehead atoms. The number of hydrogen-bond acceptors (Lipinski definition) is 7. The lowest BCUT2D eigenvalue weighted by molar-refractivity contribution is -0.142. The number of nitrogens with one attached hydrogen (secondary N) is 3. The minimum Gasteiger partial charge on any atom is -0.468 e. The highest BCUT2D eigenvalue weighted by Gasteiger charge is 2.26. The van der Waals surface area contributed by atoms with Gasteiger partial charge in [0.1, 0.15) is 6.04 Å². The average molecular weight is 508 g/mol. The van der Waals surface area contributed by atoms with Gasteiger partial charge in [-0.2, -0.15) is 4.72 Å². The van der Waals surface area contributed by atoms with Crippen molar-refractivity contribution < 1.29 is 27.4 Å². The summed E-state index contributed by atoms with van der Waals surface area (Å²) in [4.78, 5) is 12.2. The monoisotopic (exact) mass is 507 g/mol.